The predicted octanol–water partition coefficient (Wildman–Crippen LogP) is 3.46. The molecule has 1 aliphatic rings. The monoisotopic (exact) mass is 572 g/mol. The number of sulfonamides is 1. The molecule has 0 fully saturated rings. The molecule has 0 saturated carbocycles. The zero-order valence-corrected chi connectivity index (χ0v) is 22.6. The lowest BCUT2D eigenvalue weighted by molar-refractivity contribution is -0.137. The number of nitrogens with zero attached hydrogens (tertiary/aromatic N) is 2. The zero-order chi connectivity index (χ0) is 29.1. The van der Waals surface area contributed by atoms with Crippen molar-refractivity contribution in [1.82, 2.24) is 9.80 Å². The molecule has 2 aromatic carbocycles. The molecule has 0 aromatic heterocycles. The standard InChI is InChI=1S/C25H31F3N4O6S/c1-15-12-32(16(2)14-33)23(34)19-6-5-7-20(30-39(4,36)37)22(19)38-21(15)13-31(3)24(35)29-18-10-8-17(9-11-18)25(26,27)28/h5-11,15-16,21,30,33H,12-14H2,1-4H3,(H,29,35)/t15-,16-,21+/m1/s1. The van der Waals surface area contributed by atoms with Crippen LogP contribution in [0.4, 0.5) is 29.3 Å². The molecule has 214 valence electrons. The van der Waals surface area contributed by atoms with Gasteiger partial charge < -0.3 is 25.0 Å². The summed E-state index contributed by atoms with van der Waals surface area (Å²) in [7, 11) is -2.27. The van der Waals surface area contributed by atoms with Crippen molar-refractivity contribution in [2.75, 3.05) is 43.0 Å². The number of rotatable bonds is 7. The fraction of sp³-hybridized carbons (Fsp3) is 0.440. The van der Waals surface area contributed by atoms with Gasteiger partial charge in [0.1, 0.15) is 6.10 Å². The highest BCUT2D eigenvalue weighted by Gasteiger charge is 2.35. The molecule has 1 heterocycles. The Kier molecular flexibility index (Phi) is 9.01. The van der Waals surface area contributed by atoms with Crippen LogP contribution in [0, 0.1) is 5.92 Å². The van der Waals surface area contributed by atoms with E-state index in [-0.39, 0.29) is 48.3 Å². The lowest BCUT2D eigenvalue weighted by Crippen LogP contribution is -2.50. The average molecular weight is 573 g/mol. The number of nitrogens with one attached hydrogen (secondary N) is 2. The molecule has 0 bridgehead atoms. The number of benzene rings is 2. The quantitative estimate of drug-likeness (QED) is 0.466. The number of para-hydroxylation sites is 1. The second-order valence-corrected chi connectivity index (χ2v) is 11.3. The average Bonchev–Trinajstić information content (AvgIpc) is 2.84. The van der Waals surface area contributed by atoms with Crippen molar-refractivity contribution < 1.29 is 41.0 Å². The van der Waals surface area contributed by atoms with E-state index in [0.29, 0.717) is 0 Å². The minimum atomic E-state index is -4.51. The van der Waals surface area contributed by atoms with Gasteiger partial charge in [-0.1, -0.05) is 13.0 Å². The van der Waals surface area contributed by atoms with Crippen LogP contribution in [0.3, 0.4) is 0 Å². The van der Waals surface area contributed by atoms with Gasteiger partial charge in [-0.05, 0) is 43.3 Å². The van der Waals surface area contributed by atoms with Crippen LogP contribution >= 0.6 is 0 Å². The number of hydrogen-bond acceptors (Lipinski definition) is 6. The second kappa shape index (κ2) is 11.7. The fourth-order valence-corrected chi connectivity index (χ4v) is 4.62. The summed E-state index contributed by atoms with van der Waals surface area (Å²) in [5.41, 5.74) is -0.572. The highest BCUT2D eigenvalue weighted by molar-refractivity contribution is 7.92. The number of fused-ring (bicyclic) bond motifs is 1. The maximum Gasteiger partial charge on any atom is 0.416 e. The molecule has 0 saturated heterocycles. The Morgan fingerprint density at radius 3 is 2.44 bits per heavy atom. The van der Waals surface area contributed by atoms with Crippen molar-refractivity contribution in [2.24, 2.45) is 5.92 Å². The number of carbonyl (C=O) groups is 2. The maximum absolute atomic E-state index is 13.4. The molecule has 14 heteroatoms. The van der Waals surface area contributed by atoms with E-state index in [9.17, 15) is 36.3 Å². The molecular formula is C25H31F3N4O6S. The molecule has 0 aliphatic carbocycles. The van der Waals surface area contributed by atoms with Crippen LogP contribution in [0.5, 0.6) is 5.75 Å². The van der Waals surface area contributed by atoms with Crippen LogP contribution in [0.2, 0.25) is 0 Å². The fourth-order valence-electron chi connectivity index (χ4n) is 4.06. The number of hydrogen-bond donors (Lipinski definition) is 3. The SMILES string of the molecule is C[C@@H]1CN([C@H](C)CO)C(=O)c2cccc(NS(C)(=O)=O)c2O[C@H]1CN(C)C(=O)Nc1ccc(C(F)(F)F)cc1. The summed E-state index contributed by atoms with van der Waals surface area (Å²) in [6.45, 7) is 3.30. The van der Waals surface area contributed by atoms with Gasteiger partial charge in [0.2, 0.25) is 10.0 Å². The van der Waals surface area contributed by atoms with Crippen LogP contribution in [0.1, 0.15) is 29.8 Å². The first-order chi connectivity index (χ1) is 18.1. The highest BCUT2D eigenvalue weighted by Crippen LogP contribution is 2.35. The summed E-state index contributed by atoms with van der Waals surface area (Å²) in [6.07, 6.45) is -4.29. The number of aliphatic hydroxyl groups is 1. The Morgan fingerprint density at radius 1 is 1.23 bits per heavy atom. The van der Waals surface area contributed by atoms with Gasteiger partial charge in [-0.3, -0.25) is 9.52 Å². The molecule has 3 atom stereocenters. The van der Waals surface area contributed by atoms with E-state index in [1.54, 1.807) is 13.8 Å². The van der Waals surface area contributed by atoms with Gasteiger partial charge >= 0.3 is 12.2 Å². The molecule has 3 amide bonds. The summed E-state index contributed by atoms with van der Waals surface area (Å²) in [5.74, 6) is -0.859. The number of anilines is 2. The molecule has 3 N–H and O–H groups in total. The number of amides is 3. The van der Waals surface area contributed by atoms with Crippen LogP contribution in [0.25, 0.3) is 0 Å². The lowest BCUT2D eigenvalue weighted by atomic mass is 9.99. The Morgan fingerprint density at radius 2 is 1.87 bits per heavy atom. The third kappa shape index (κ3) is 7.53. The van der Waals surface area contributed by atoms with E-state index in [2.05, 4.69) is 10.0 Å². The predicted molar refractivity (Wildman–Crippen MR) is 139 cm³/mol. The first kappa shape index (κ1) is 30.0. The van der Waals surface area contributed by atoms with Gasteiger partial charge in [0.05, 0.1) is 42.3 Å². The topological polar surface area (TPSA) is 128 Å². The van der Waals surface area contributed by atoms with Gasteiger partial charge in [-0.15, -0.1) is 0 Å². The molecule has 10 nitrogen and oxygen atoms in total. The number of urea groups is 1. The molecule has 1 aliphatic heterocycles. The normalized spacial score (nSPS) is 18.8. The van der Waals surface area contributed by atoms with Crippen molar-refractivity contribution >= 4 is 33.3 Å². The number of aliphatic hydroxyl groups excluding tert-OH is 1. The number of likely N-dealkylation sites (N-methyl/N-ethyl adjacent to an activating group) is 1. The largest absolute Gasteiger partial charge is 0.485 e. The van der Waals surface area contributed by atoms with Crippen molar-refractivity contribution in [2.45, 2.75) is 32.2 Å². The third-order valence-corrected chi connectivity index (χ3v) is 6.84. The third-order valence-electron chi connectivity index (χ3n) is 6.25. The molecule has 2 aromatic rings. The van der Waals surface area contributed by atoms with Gasteiger partial charge in [0, 0.05) is 25.2 Å². The van der Waals surface area contributed by atoms with E-state index >= 15 is 0 Å². The summed E-state index contributed by atoms with van der Waals surface area (Å²) in [4.78, 5) is 29.0. The van der Waals surface area contributed by atoms with Crippen LogP contribution < -0.4 is 14.8 Å². The first-order valence-corrected chi connectivity index (χ1v) is 13.9. The Hall–Kier alpha value is -3.52. The van der Waals surface area contributed by atoms with E-state index in [4.69, 9.17) is 4.74 Å². The molecule has 0 spiro atoms. The minimum absolute atomic E-state index is 0.0174. The summed E-state index contributed by atoms with van der Waals surface area (Å²) < 4.78 is 71.0. The number of halogens is 3. The zero-order valence-electron chi connectivity index (χ0n) is 21.8. The van der Waals surface area contributed by atoms with Crippen molar-refractivity contribution in [3.8, 4) is 5.75 Å². The smallest absolute Gasteiger partial charge is 0.416 e. The lowest BCUT2D eigenvalue weighted by Gasteiger charge is -2.38. The van der Waals surface area contributed by atoms with Gasteiger partial charge in [0.25, 0.3) is 5.91 Å². The maximum atomic E-state index is 13.4. The van der Waals surface area contributed by atoms with E-state index in [1.165, 1.54) is 35.0 Å². The molecule has 0 radical (unpaired) electrons. The van der Waals surface area contributed by atoms with E-state index < -0.39 is 45.8 Å². The highest BCUT2D eigenvalue weighted by atomic mass is 32.2. The minimum Gasteiger partial charge on any atom is -0.485 e. The molecule has 0 unspecified atom stereocenters. The van der Waals surface area contributed by atoms with E-state index in [0.717, 1.165) is 30.5 Å². The van der Waals surface area contributed by atoms with Crippen molar-refractivity contribution in [3.63, 3.8) is 0 Å². The van der Waals surface area contributed by atoms with Crippen LogP contribution in [-0.2, 0) is 16.2 Å². The first-order valence-electron chi connectivity index (χ1n) is 12.0. The van der Waals surface area contributed by atoms with Crippen LogP contribution in [0.15, 0.2) is 42.5 Å². The van der Waals surface area contributed by atoms with Gasteiger partial charge in [-0.25, -0.2) is 13.2 Å². The Labute approximate surface area is 224 Å². The van der Waals surface area contributed by atoms with E-state index in [1.807, 2.05) is 0 Å². The molecular weight excluding hydrogens is 541 g/mol. The van der Waals surface area contributed by atoms with Crippen molar-refractivity contribution in [1.29, 1.82) is 0 Å². The molecule has 39 heavy (non-hydrogen) atoms. The Balaban J connectivity index is 1.89. The van der Waals surface area contributed by atoms with Crippen LogP contribution in [-0.4, -0.2) is 80.4 Å². The summed E-state index contributed by atoms with van der Waals surface area (Å²) in [6, 6.07) is 7.25. The number of ether oxygens (including phenoxy) is 1. The van der Waals surface area contributed by atoms with Crippen molar-refractivity contribution in [3.05, 3.63) is 53.6 Å². The van der Waals surface area contributed by atoms with Gasteiger partial charge in [0.15, 0.2) is 5.75 Å². The Bertz CT molecular complexity index is 1300. The second-order valence-electron chi connectivity index (χ2n) is 9.56. The van der Waals surface area contributed by atoms with Gasteiger partial charge in [-0.2, -0.15) is 13.2 Å². The molecule has 3 rings (SSSR count). The summed E-state index contributed by atoms with van der Waals surface area (Å²) >= 11 is 0. The number of alkyl halides is 3. The number of carbonyl (C=O) groups excluding carboxylic acids is 2. The summed E-state index contributed by atoms with van der Waals surface area (Å²) in [5, 5.41) is 12.3.